The summed E-state index contributed by atoms with van der Waals surface area (Å²) in [5.74, 6) is -1.95. The number of carbonyl (C=O) groups excluding carboxylic acids is 2. The highest BCUT2D eigenvalue weighted by molar-refractivity contribution is 8.20. The predicted molar refractivity (Wildman–Crippen MR) is 389 cm³/mol. The molecule has 604 valence electrons. The van der Waals surface area contributed by atoms with Crippen LogP contribution in [0.25, 0.3) is 0 Å². The summed E-state index contributed by atoms with van der Waals surface area (Å²) in [5.41, 5.74) is 0.790. The number of esters is 2. The molecule has 0 spiro atoms. The van der Waals surface area contributed by atoms with Gasteiger partial charge in [0.25, 0.3) is 22.2 Å². The van der Waals surface area contributed by atoms with Crippen LogP contribution >= 0.6 is 142 Å². The minimum Gasteiger partial charge on any atom is -0.756 e. The Morgan fingerprint density at radius 3 is 1.25 bits per heavy atom. The molecule has 36 nitrogen and oxygen atoms in total. The van der Waals surface area contributed by atoms with E-state index in [0.717, 1.165) is 6.54 Å². The van der Waals surface area contributed by atoms with Gasteiger partial charge in [0.1, 0.15) is 39.5 Å². The quantitative estimate of drug-likeness (QED) is 0.00985. The second kappa shape index (κ2) is 79.8. The van der Waals surface area contributed by atoms with Crippen LogP contribution in [0.15, 0.2) is 24.3 Å². The summed E-state index contributed by atoms with van der Waals surface area (Å²) in [6.07, 6.45) is 0. The standard InChI is InChI=1S/C13H26NO7P.C8H15NO2.C6H15N.C5H11O5P.C5H10O5P.C3H8O2.2C2H4ClO3P.C2H4ClO2P.C2H6O2.CH2Cl2.Cl3P.O2/c1-12(2)13(15)19-8-6-14(3,4)7-9-20-22(16,17)21-11-10-18-5;1-7(2)8(10)11-6-5-9(3)4;1-4-7(5-2)6-3;2*1-7-2-3-8-11(6)9-4-5-10-11;1-5-3-2-4;2*3-7(4)5-1-2-6-7;3-6-4-1-2-5-6;3-1-2-4;2-1-3;1-4(2)3;1-2/h1,6-11H2,2-5H3;1,5-6H2,2-4H3;4-6H2,1-3H3;2-5H2,1H3;4H,2-3,5H2,1H3;4H,2-3H2,1H3;2*1-2H2;1-2H2;3-4H,1-2H2;1H2;;/q;;;;+1;;;;;;;;/p+1. The molecule has 0 aliphatic carbocycles. The van der Waals surface area contributed by atoms with Gasteiger partial charge in [-0.25, -0.2) is 32.4 Å². The van der Waals surface area contributed by atoms with Crippen molar-refractivity contribution in [3.05, 3.63) is 40.8 Å². The number of likely N-dealkylation sites (N-methyl/N-ethyl adjacent to an activating group) is 2. The number of rotatable bonds is 30. The molecule has 2 unspecified atom stereocenters. The SMILES string of the molecule is C=C(C)C(=O)OCCN(C)C.C=C(C)C(=O)OCC[N+](C)(C)CCOP(=O)([O-])OCCOC.CCN(CC)CC.COCCO.COCCOP1(=O)OCCO1.COCCOP1(=O)O[CH+]CO1.ClCCl.ClP(Cl)Cl.ClP1OCCO1.O=O.O=P1(Cl)OCCO1.O=P1(Cl)OCCO1.OCC[OH2+]. The fourth-order valence-electron chi connectivity index (χ4n) is 4.63. The average Bonchev–Trinajstić information content (AvgIpc) is 1.74. The number of alkyl halides is 2. The maximum atomic E-state index is 11.4. The van der Waals surface area contributed by atoms with E-state index in [0.29, 0.717) is 108 Å². The number of aliphatic hydroxyl groups excluding tert-OH is 2. The molecule has 2 atom stereocenters. The molecule has 5 heterocycles. The summed E-state index contributed by atoms with van der Waals surface area (Å²) in [4.78, 5) is 51.8. The van der Waals surface area contributed by atoms with E-state index in [1.807, 2.05) is 33.1 Å². The van der Waals surface area contributed by atoms with Gasteiger partial charge in [0, 0.05) is 78.5 Å². The summed E-state index contributed by atoms with van der Waals surface area (Å²) in [6.45, 7) is 23.4. The lowest BCUT2D eigenvalue weighted by atomic mass is 10.4. The van der Waals surface area contributed by atoms with Crippen LogP contribution in [0, 0.1) is 16.5 Å². The van der Waals surface area contributed by atoms with Crippen LogP contribution in [0.4, 0.5) is 0 Å². The Kier molecular flexibility index (Phi) is 93.3. The number of halogens is 8. The average molecular weight is 1770 g/mol. The Morgan fingerprint density at radius 2 is 0.980 bits per heavy atom. The molecule has 5 aliphatic heterocycles. The van der Waals surface area contributed by atoms with Gasteiger partial charge in [-0.05, 0) is 58.8 Å². The molecule has 4 N–H and O–H groups in total. The molecular formula is C49H106Cl8N3O33P7+2. The normalized spacial score (nSPS) is 17.5. The van der Waals surface area contributed by atoms with Gasteiger partial charge in [-0.2, -0.15) is 0 Å². The molecule has 0 radical (unpaired) electrons. The van der Waals surface area contributed by atoms with E-state index in [9.17, 15) is 37.3 Å². The minimum absolute atomic E-state index is 0.0139. The van der Waals surface area contributed by atoms with Crippen LogP contribution in [0.3, 0.4) is 0 Å². The van der Waals surface area contributed by atoms with Crippen molar-refractivity contribution >= 4 is 154 Å². The first-order chi connectivity index (χ1) is 46.8. The molecule has 0 aromatic heterocycles. The Labute approximate surface area is 630 Å². The highest BCUT2D eigenvalue weighted by atomic mass is 36.0. The summed E-state index contributed by atoms with van der Waals surface area (Å²) in [6, 6.07) is 0. The number of quaternary nitrogens is 1. The number of ether oxygens (including phenoxy) is 6. The van der Waals surface area contributed by atoms with Crippen LogP contribution in [0.1, 0.15) is 34.6 Å². The van der Waals surface area contributed by atoms with E-state index in [1.165, 1.54) is 47.6 Å². The van der Waals surface area contributed by atoms with E-state index < -0.39 is 57.0 Å². The lowest BCUT2D eigenvalue weighted by molar-refractivity contribution is -0.890. The van der Waals surface area contributed by atoms with Gasteiger partial charge in [-0.3, -0.25) is 40.8 Å². The fraction of sp³-hybridized carbons (Fsp3) is 0.857. The molecule has 0 aromatic carbocycles. The van der Waals surface area contributed by atoms with Crippen molar-refractivity contribution in [2.24, 2.45) is 0 Å². The molecule has 0 amide bonds. The molecule has 51 heteroatoms. The topological polar surface area (TPSA) is 431 Å². The molecule has 0 aromatic rings. The number of phosphoric acid groups is 3. The number of nitrogens with zero attached hydrogens (tertiary/aromatic N) is 3. The van der Waals surface area contributed by atoms with Crippen molar-refractivity contribution in [2.45, 2.75) is 34.6 Å². The first-order valence-corrected chi connectivity index (χ1v) is 45.4. The monoisotopic (exact) mass is 1760 g/mol. The van der Waals surface area contributed by atoms with Gasteiger partial charge in [0.05, 0.1) is 125 Å². The fourth-order valence-corrected chi connectivity index (χ4v) is 10.5. The zero-order valence-electron chi connectivity index (χ0n) is 58.6. The highest BCUT2D eigenvalue weighted by Gasteiger charge is 2.39. The summed E-state index contributed by atoms with van der Waals surface area (Å²) >= 11 is 39.6. The van der Waals surface area contributed by atoms with Crippen LogP contribution in [0.2, 0.25) is 0 Å². The van der Waals surface area contributed by atoms with E-state index in [2.05, 4.69) is 89.4 Å². The van der Waals surface area contributed by atoms with Crippen molar-refractivity contribution in [2.75, 3.05) is 247 Å². The Hall–Kier alpha value is 1.22. The second-order valence-electron chi connectivity index (χ2n) is 18.1. The van der Waals surface area contributed by atoms with Gasteiger partial charge in [-0.15, -0.1) is 23.2 Å². The van der Waals surface area contributed by atoms with E-state index >= 15 is 0 Å². The van der Waals surface area contributed by atoms with Crippen LogP contribution in [-0.4, -0.2) is 288 Å². The van der Waals surface area contributed by atoms with Crippen LogP contribution < -0.4 is 4.89 Å². The molecule has 0 bridgehead atoms. The zero-order valence-corrected chi connectivity index (χ0v) is 70.9. The molecule has 5 saturated heterocycles. The Morgan fingerprint density at radius 1 is 0.630 bits per heavy atom. The number of aliphatic hydroxyl groups is 2. The van der Waals surface area contributed by atoms with Gasteiger partial charge in [-0.1, -0.05) is 72.2 Å². The third-order valence-corrected chi connectivity index (χ3v) is 17.8. The molecule has 100 heavy (non-hydrogen) atoms. The number of phosphoric ester groups is 3. The molecular weight excluding hydrogens is 1660 g/mol. The largest absolute Gasteiger partial charge is 0.756 e. The maximum absolute atomic E-state index is 11.4. The van der Waals surface area contributed by atoms with Crippen molar-refractivity contribution in [3.8, 4) is 0 Å². The maximum Gasteiger partial charge on any atom is 0.518 e. The minimum atomic E-state index is -4.30. The first kappa shape index (κ1) is 117. The molecule has 5 fully saturated rings. The van der Waals surface area contributed by atoms with E-state index in [4.69, 9.17) is 157 Å². The third-order valence-electron chi connectivity index (χ3n) is 9.41. The van der Waals surface area contributed by atoms with E-state index in [1.54, 1.807) is 21.0 Å². The summed E-state index contributed by atoms with van der Waals surface area (Å²) in [7, 11) is 1.96. The summed E-state index contributed by atoms with van der Waals surface area (Å²) in [5, 5.41) is 22.0. The van der Waals surface area contributed by atoms with Crippen molar-refractivity contribution < 1.29 is 149 Å². The number of carbonyl (C=O) groups is 2. The third kappa shape index (κ3) is 95.3. The Bertz CT molecular complexity index is 2040. The van der Waals surface area contributed by atoms with Crippen molar-refractivity contribution in [1.82, 2.24) is 9.80 Å². The lowest BCUT2D eigenvalue weighted by Crippen LogP contribution is -2.45. The summed E-state index contributed by atoms with van der Waals surface area (Å²) < 4.78 is 148. The van der Waals surface area contributed by atoms with Gasteiger partial charge in [0.15, 0.2) is 12.6 Å². The van der Waals surface area contributed by atoms with Gasteiger partial charge in [0.2, 0.25) is 6.61 Å². The molecule has 0 saturated carbocycles. The molecule has 5 aliphatic rings. The number of hydrogen-bond donors (Lipinski definition) is 2. The highest BCUT2D eigenvalue weighted by Crippen LogP contribution is 2.57. The van der Waals surface area contributed by atoms with E-state index in [-0.39, 0.29) is 77.4 Å². The lowest BCUT2D eigenvalue weighted by Gasteiger charge is -2.30. The van der Waals surface area contributed by atoms with Gasteiger partial charge >= 0.3 is 41.5 Å². The number of methoxy groups -OCH3 is 4. The predicted octanol–water partition coefficient (Wildman–Crippen LogP) is 11.1. The van der Waals surface area contributed by atoms with Crippen molar-refractivity contribution in [1.29, 1.82) is 0 Å². The van der Waals surface area contributed by atoms with Gasteiger partial charge < -0.3 is 81.0 Å². The number of hydrogen-bond acceptors (Lipinski definition) is 34. The first-order valence-electron chi connectivity index (χ1n) is 28.9. The zero-order chi connectivity index (χ0) is 79.0. The Balaban J connectivity index is -0.000000160. The second-order valence-corrected chi connectivity index (χ2v) is 35.6. The van der Waals surface area contributed by atoms with Crippen molar-refractivity contribution in [3.63, 3.8) is 0 Å². The smallest absolute Gasteiger partial charge is 0.518 e. The molecule has 5 rings (SSSR count). The van der Waals surface area contributed by atoms with Crippen LogP contribution in [0.5, 0.6) is 0 Å². The van der Waals surface area contributed by atoms with Crippen LogP contribution in [-0.2, 0) is 124 Å².